The van der Waals surface area contributed by atoms with E-state index < -0.39 is 24.8 Å². The Balaban J connectivity index is 1.40. The third-order valence-corrected chi connectivity index (χ3v) is 8.56. The lowest BCUT2D eigenvalue weighted by Gasteiger charge is -2.34. The summed E-state index contributed by atoms with van der Waals surface area (Å²) in [6, 6.07) is 9.68. The molecule has 0 spiro atoms. The number of fused-ring (bicyclic) bond motifs is 3. The fraction of sp³-hybridized carbons (Fsp3) is 0.414. The molecule has 4 N–H and O–H groups in total. The van der Waals surface area contributed by atoms with Crippen LogP contribution in [0.4, 0.5) is 28.9 Å². The summed E-state index contributed by atoms with van der Waals surface area (Å²) < 4.78 is 62.2. The number of piperidine rings is 1. The number of amides is 1. The van der Waals surface area contributed by atoms with Gasteiger partial charge in [-0.3, -0.25) is 4.79 Å². The van der Waals surface area contributed by atoms with Crippen LogP contribution < -0.4 is 26.0 Å². The second-order valence-electron chi connectivity index (χ2n) is 9.99. The molecule has 2 aromatic carbocycles. The minimum absolute atomic E-state index is 0.0693. The van der Waals surface area contributed by atoms with Crippen molar-refractivity contribution in [3.8, 4) is 17.6 Å². The standard InChI is InChI=1S/C29H30F4N4O2S/c1-34-22-13-16(28(38)35-2)8-11-24(22)39-12-4-7-25-19(15-29(31,32)33)18-5-3-6-21(27(18)40-25)37-23-14-17-9-10-20(36-17)26(23)30/h3,5-6,8,11,13,17,20,23,26,34,36-37H,9-10,12,14-15H2,1-2H3,(H,35,38). The maximum absolute atomic E-state index is 15.1. The van der Waals surface area contributed by atoms with E-state index in [1.54, 1.807) is 43.4 Å². The van der Waals surface area contributed by atoms with Gasteiger partial charge in [0, 0.05) is 31.7 Å². The summed E-state index contributed by atoms with van der Waals surface area (Å²) in [6.07, 6.45) is -4.27. The third-order valence-electron chi connectivity index (χ3n) is 7.36. The SMILES string of the molecule is CNC(=O)c1ccc(OCC#Cc2sc3c(NC4CC5CCC(N5)C4F)cccc3c2CC(F)(F)F)c(NC)c1. The Kier molecular flexibility index (Phi) is 8.10. The van der Waals surface area contributed by atoms with Crippen LogP contribution >= 0.6 is 11.3 Å². The van der Waals surface area contributed by atoms with E-state index in [9.17, 15) is 18.0 Å². The summed E-state index contributed by atoms with van der Waals surface area (Å²) >= 11 is 1.17. The molecule has 0 radical (unpaired) electrons. The maximum atomic E-state index is 15.1. The van der Waals surface area contributed by atoms with Gasteiger partial charge in [-0.2, -0.15) is 13.2 Å². The van der Waals surface area contributed by atoms with Crippen LogP contribution in [-0.2, 0) is 6.42 Å². The van der Waals surface area contributed by atoms with Gasteiger partial charge in [0.2, 0.25) is 0 Å². The van der Waals surface area contributed by atoms with Crippen molar-refractivity contribution in [2.75, 3.05) is 31.3 Å². The Labute approximate surface area is 233 Å². The van der Waals surface area contributed by atoms with E-state index in [4.69, 9.17) is 4.74 Å². The quantitative estimate of drug-likeness (QED) is 0.222. The van der Waals surface area contributed by atoms with Crippen molar-refractivity contribution in [1.82, 2.24) is 10.6 Å². The summed E-state index contributed by atoms with van der Waals surface area (Å²) in [4.78, 5) is 12.2. The highest BCUT2D eigenvalue weighted by molar-refractivity contribution is 7.20. The number of rotatable bonds is 7. The molecule has 212 valence electrons. The van der Waals surface area contributed by atoms with E-state index in [-0.39, 0.29) is 30.2 Å². The van der Waals surface area contributed by atoms with Crippen LogP contribution in [0.5, 0.6) is 5.75 Å². The Morgan fingerprint density at radius 3 is 2.75 bits per heavy atom. The van der Waals surface area contributed by atoms with Crippen LogP contribution in [0.1, 0.15) is 40.1 Å². The van der Waals surface area contributed by atoms with Gasteiger partial charge in [-0.25, -0.2) is 4.39 Å². The number of thiophene rings is 1. The lowest BCUT2D eigenvalue weighted by atomic mass is 9.97. The molecule has 1 aromatic heterocycles. The van der Waals surface area contributed by atoms with Crippen LogP contribution in [0.15, 0.2) is 36.4 Å². The number of nitrogens with one attached hydrogen (secondary N) is 4. The van der Waals surface area contributed by atoms with Crippen LogP contribution in [0.25, 0.3) is 10.1 Å². The highest BCUT2D eigenvalue weighted by Crippen LogP contribution is 2.40. The van der Waals surface area contributed by atoms with Crippen molar-refractivity contribution >= 4 is 38.7 Å². The molecule has 2 saturated heterocycles. The Morgan fingerprint density at radius 1 is 1.18 bits per heavy atom. The van der Waals surface area contributed by atoms with Gasteiger partial charge in [0.1, 0.15) is 18.5 Å². The molecule has 2 fully saturated rings. The predicted octanol–water partition coefficient (Wildman–Crippen LogP) is 5.48. The van der Waals surface area contributed by atoms with E-state index >= 15 is 4.39 Å². The summed E-state index contributed by atoms with van der Waals surface area (Å²) in [5.41, 5.74) is 1.76. The fourth-order valence-electron chi connectivity index (χ4n) is 5.47. The molecular formula is C29H30F4N4O2S. The van der Waals surface area contributed by atoms with Gasteiger partial charge >= 0.3 is 6.18 Å². The van der Waals surface area contributed by atoms with E-state index in [1.807, 2.05) is 0 Å². The summed E-state index contributed by atoms with van der Waals surface area (Å²) in [5.74, 6) is 5.94. The number of benzene rings is 2. The van der Waals surface area contributed by atoms with Gasteiger partial charge in [-0.1, -0.05) is 24.0 Å². The number of alkyl halides is 4. The molecule has 4 unspecified atom stereocenters. The van der Waals surface area contributed by atoms with Gasteiger partial charge in [-0.15, -0.1) is 11.3 Å². The molecule has 3 heterocycles. The normalized spacial score (nSPS) is 21.9. The first kappa shape index (κ1) is 28.1. The lowest BCUT2D eigenvalue weighted by Crippen LogP contribution is -2.52. The number of ether oxygens (including phenoxy) is 1. The van der Waals surface area contributed by atoms with Crippen LogP contribution in [0, 0.1) is 11.8 Å². The first-order valence-electron chi connectivity index (χ1n) is 13.1. The zero-order valence-corrected chi connectivity index (χ0v) is 22.9. The van der Waals surface area contributed by atoms with Gasteiger partial charge in [0.15, 0.2) is 0 Å². The molecule has 2 aliphatic heterocycles. The van der Waals surface area contributed by atoms with Crippen molar-refractivity contribution in [1.29, 1.82) is 0 Å². The molecule has 3 aromatic rings. The number of hydrogen-bond donors (Lipinski definition) is 4. The number of carbonyl (C=O) groups is 1. The summed E-state index contributed by atoms with van der Waals surface area (Å²) in [7, 11) is 3.23. The molecule has 2 aliphatic rings. The van der Waals surface area contributed by atoms with Crippen molar-refractivity contribution in [2.24, 2.45) is 0 Å². The van der Waals surface area contributed by atoms with Crippen molar-refractivity contribution in [2.45, 2.75) is 56.2 Å². The Hall–Kier alpha value is -3.49. The molecule has 2 bridgehead atoms. The van der Waals surface area contributed by atoms with Crippen molar-refractivity contribution in [3.05, 3.63) is 52.4 Å². The average molecular weight is 575 g/mol. The molecule has 4 atom stereocenters. The van der Waals surface area contributed by atoms with Crippen LogP contribution in [0.2, 0.25) is 0 Å². The molecule has 6 nitrogen and oxygen atoms in total. The van der Waals surface area contributed by atoms with Gasteiger partial charge < -0.3 is 26.0 Å². The number of halogens is 4. The van der Waals surface area contributed by atoms with Gasteiger partial charge in [-0.05, 0) is 54.5 Å². The minimum Gasteiger partial charge on any atom is -0.479 e. The number of anilines is 2. The third kappa shape index (κ3) is 5.98. The fourth-order valence-corrected chi connectivity index (χ4v) is 6.64. The largest absolute Gasteiger partial charge is 0.479 e. The highest BCUT2D eigenvalue weighted by atomic mass is 32.1. The predicted molar refractivity (Wildman–Crippen MR) is 150 cm³/mol. The highest BCUT2D eigenvalue weighted by Gasteiger charge is 2.42. The zero-order valence-electron chi connectivity index (χ0n) is 22.0. The molecule has 0 saturated carbocycles. The van der Waals surface area contributed by atoms with Gasteiger partial charge in [0.05, 0.1) is 33.4 Å². The van der Waals surface area contributed by atoms with E-state index in [1.165, 1.54) is 18.4 Å². The molecule has 1 amide bonds. The Bertz CT molecular complexity index is 1460. The summed E-state index contributed by atoms with van der Waals surface area (Å²) in [5, 5.41) is 12.6. The molecule has 40 heavy (non-hydrogen) atoms. The zero-order chi connectivity index (χ0) is 28.4. The lowest BCUT2D eigenvalue weighted by molar-refractivity contribution is -0.126. The Morgan fingerprint density at radius 2 is 2.00 bits per heavy atom. The molecular weight excluding hydrogens is 544 g/mol. The van der Waals surface area contributed by atoms with E-state index in [0.29, 0.717) is 44.1 Å². The molecule has 5 rings (SSSR count). The van der Waals surface area contributed by atoms with Crippen molar-refractivity contribution in [3.63, 3.8) is 0 Å². The van der Waals surface area contributed by atoms with Crippen LogP contribution in [-0.4, -0.2) is 57.1 Å². The number of carbonyl (C=O) groups excluding carboxylic acids is 1. The topological polar surface area (TPSA) is 74.4 Å². The second kappa shape index (κ2) is 11.6. The monoisotopic (exact) mass is 574 g/mol. The molecule has 0 aliphatic carbocycles. The van der Waals surface area contributed by atoms with E-state index in [2.05, 4.69) is 33.1 Å². The second-order valence-corrected chi connectivity index (χ2v) is 11.0. The van der Waals surface area contributed by atoms with Crippen LogP contribution in [0.3, 0.4) is 0 Å². The smallest absolute Gasteiger partial charge is 0.393 e. The van der Waals surface area contributed by atoms with E-state index in [0.717, 1.165) is 12.8 Å². The molecule has 11 heteroatoms. The first-order chi connectivity index (χ1) is 19.2. The first-order valence-corrected chi connectivity index (χ1v) is 13.9. The summed E-state index contributed by atoms with van der Waals surface area (Å²) in [6.45, 7) is -0.0693. The maximum Gasteiger partial charge on any atom is 0.393 e. The number of hydrogen-bond acceptors (Lipinski definition) is 6. The average Bonchev–Trinajstić information content (AvgIpc) is 3.50. The van der Waals surface area contributed by atoms with Crippen molar-refractivity contribution < 1.29 is 27.1 Å². The van der Waals surface area contributed by atoms with Gasteiger partial charge in [0.25, 0.3) is 5.91 Å². The minimum atomic E-state index is -4.42.